The Bertz CT molecular complexity index is 573. The minimum atomic E-state index is -0.402. The fourth-order valence-corrected chi connectivity index (χ4v) is 2.42. The molecule has 132 valence electrons. The van der Waals surface area contributed by atoms with Crippen LogP contribution in [0.5, 0.6) is 17.2 Å². The molecule has 8 heteroatoms. The molecule has 0 atom stereocenters. The highest BCUT2D eigenvalue weighted by Crippen LogP contribution is 2.39. The second-order valence-electron chi connectivity index (χ2n) is 5.13. The van der Waals surface area contributed by atoms with Gasteiger partial charge in [0.2, 0.25) is 17.6 Å². The Balaban J connectivity index is 2.04. The van der Waals surface area contributed by atoms with E-state index in [2.05, 4.69) is 5.32 Å². The van der Waals surface area contributed by atoms with Gasteiger partial charge in [0.1, 0.15) is 6.42 Å². The number of hydrogen-bond acceptors (Lipinski definition) is 6. The van der Waals surface area contributed by atoms with E-state index in [1.807, 2.05) is 0 Å². The molecule has 1 aromatic carbocycles. The van der Waals surface area contributed by atoms with Crippen molar-refractivity contribution in [1.29, 1.82) is 0 Å². The third-order valence-electron chi connectivity index (χ3n) is 3.62. The molecule has 0 saturated carbocycles. The Morgan fingerprint density at radius 1 is 1.08 bits per heavy atom. The minimum Gasteiger partial charge on any atom is -0.493 e. The highest BCUT2D eigenvalue weighted by atomic mass is 16.5. The monoisotopic (exact) mass is 338 g/mol. The second kappa shape index (κ2) is 8.39. The average molecular weight is 338 g/mol. The first-order chi connectivity index (χ1) is 11.6. The molecule has 8 nitrogen and oxygen atoms in total. The molecule has 1 saturated heterocycles. The van der Waals surface area contributed by atoms with E-state index in [9.17, 15) is 9.59 Å². The zero-order valence-electron chi connectivity index (χ0n) is 14.1. The Labute approximate surface area is 140 Å². The van der Waals surface area contributed by atoms with E-state index < -0.39 is 5.91 Å². The molecule has 1 aliphatic rings. The Kier molecular flexibility index (Phi) is 6.25. The molecule has 1 aliphatic heterocycles. The lowest BCUT2D eigenvalue weighted by Crippen LogP contribution is -2.41. The average Bonchev–Trinajstić information content (AvgIpc) is 2.61. The van der Waals surface area contributed by atoms with Crippen LogP contribution in [0.15, 0.2) is 12.1 Å². The third-order valence-corrected chi connectivity index (χ3v) is 3.62. The molecule has 0 bridgehead atoms. The van der Waals surface area contributed by atoms with Crippen LogP contribution in [0.2, 0.25) is 0 Å². The fraction of sp³-hybridized carbons (Fsp3) is 0.500. The van der Waals surface area contributed by atoms with Gasteiger partial charge in [-0.1, -0.05) is 0 Å². The molecular formula is C16H22N2O6. The van der Waals surface area contributed by atoms with Crippen LogP contribution >= 0.6 is 0 Å². The normalized spacial score (nSPS) is 14.0. The van der Waals surface area contributed by atoms with Gasteiger partial charge < -0.3 is 29.2 Å². The summed E-state index contributed by atoms with van der Waals surface area (Å²) in [5.41, 5.74) is 0.462. The van der Waals surface area contributed by atoms with Crippen molar-refractivity contribution in [2.24, 2.45) is 0 Å². The minimum absolute atomic E-state index is 0.219. The molecule has 1 N–H and O–H groups in total. The zero-order valence-corrected chi connectivity index (χ0v) is 14.1. The van der Waals surface area contributed by atoms with Crippen LogP contribution in [0.3, 0.4) is 0 Å². The summed E-state index contributed by atoms with van der Waals surface area (Å²) in [5.74, 6) is 0.657. The van der Waals surface area contributed by atoms with Gasteiger partial charge in [0.05, 0.1) is 34.5 Å². The second-order valence-corrected chi connectivity index (χ2v) is 5.13. The van der Waals surface area contributed by atoms with E-state index >= 15 is 0 Å². The van der Waals surface area contributed by atoms with Crippen molar-refractivity contribution >= 4 is 17.5 Å². The van der Waals surface area contributed by atoms with Gasteiger partial charge in [0.25, 0.3) is 0 Å². The van der Waals surface area contributed by atoms with Crippen molar-refractivity contribution in [2.45, 2.75) is 6.42 Å². The maximum absolute atomic E-state index is 12.1. The molecule has 0 aromatic heterocycles. The Hall–Kier alpha value is -2.48. The smallest absolute Gasteiger partial charge is 0.233 e. The largest absolute Gasteiger partial charge is 0.493 e. The van der Waals surface area contributed by atoms with Crippen molar-refractivity contribution in [3.63, 3.8) is 0 Å². The van der Waals surface area contributed by atoms with Crippen molar-refractivity contribution in [2.75, 3.05) is 52.9 Å². The van der Waals surface area contributed by atoms with Gasteiger partial charge >= 0.3 is 0 Å². The predicted octanol–water partition coefficient (Wildman–Crippen LogP) is 0.900. The SMILES string of the molecule is COc1cc(NC(=O)CC(=O)N2CCOCC2)cc(OC)c1OC. The molecule has 0 aliphatic carbocycles. The molecule has 24 heavy (non-hydrogen) atoms. The summed E-state index contributed by atoms with van der Waals surface area (Å²) in [6, 6.07) is 3.22. The number of nitrogens with one attached hydrogen (secondary N) is 1. The number of benzene rings is 1. The number of carbonyl (C=O) groups excluding carboxylic acids is 2. The molecule has 0 radical (unpaired) electrons. The Morgan fingerprint density at radius 2 is 1.67 bits per heavy atom. The first-order valence-corrected chi connectivity index (χ1v) is 7.54. The number of nitrogens with zero attached hydrogens (tertiary/aromatic N) is 1. The van der Waals surface area contributed by atoms with E-state index in [4.69, 9.17) is 18.9 Å². The van der Waals surface area contributed by atoms with Crippen molar-refractivity contribution in [1.82, 2.24) is 4.90 Å². The number of amides is 2. The van der Waals surface area contributed by atoms with Crippen LogP contribution in [0.25, 0.3) is 0 Å². The van der Waals surface area contributed by atoms with Gasteiger partial charge in [-0.2, -0.15) is 0 Å². The van der Waals surface area contributed by atoms with E-state index in [1.165, 1.54) is 21.3 Å². The summed E-state index contributed by atoms with van der Waals surface area (Å²) < 4.78 is 20.9. The number of hydrogen-bond donors (Lipinski definition) is 1. The summed E-state index contributed by atoms with van der Waals surface area (Å²) in [5, 5.41) is 2.68. The summed E-state index contributed by atoms with van der Waals surface area (Å²) in [7, 11) is 4.48. The molecule has 1 fully saturated rings. The van der Waals surface area contributed by atoms with Gasteiger partial charge in [-0.15, -0.1) is 0 Å². The summed E-state index contributed by atoms with van der Waals surface area (Å²) in [6.07, 6.45) is -0.226. The number of methoxy groups -OCH3 is 3. The number of morpholine rings is 1. The van der Waals surface area contributed by atoms with E-state index in [-0.39, 0.29) is 12.3 Å². The quantitative estimate of drug-likeness (QED) is 0.776. The highest BCUT2D eigenvalue weighted by molar-refractivity contribution is 6.03. The number of carbonyl (C=O) groups is 2. The van der Waals surface area contributed by atoms with Gasteiger partial charge in [-0.3, -0.25) is 9.59 Å². The van der Waals surface area contributed by atoms with Crippen LogP contribution in [0.4, 0.5) is 5.69 Å². The van der Waals surface area contributed by atoms with E-state index in [1.54, 1.807) is 17.0 Å². The predicted molar refractivity (Wildman–Crippen MR) is 86.7 cm³/mol. The molecule has 1 aromatic rings. The van der Waals surface area contributed by atoms with Gasteiger partial charge in [-0.05, 0) is 0 Å². The van der Waals surface area contributed by atoms with E-state index in [0.717, 1.165) is 0 Å². The summed E-state index contributed by atoms with van der Waals surface area (Å²) >= 11 is 0. The van der Waals surface area contributed by atoms with Crippen LogP contribution in [-0.4, -0.2) is 64.3 Å². The Morgan fingerprint density at radius 3 is 2.17 bits per heavy atom. The van der Waals surface area contributed by atoms with Gasteiger partial charge in [0.15, 0.2) is 11.5 Å². The first-order valence-electron chi connectivity index (χ1n) is 7.54. The maximum Gasteiger partial charge on any atom is 0.233 e. The summed E-state index contributed by atoms with van der Waals surface area (Å²) in [4.78, 5) is 25.8. The molecule has 0 spiro atoms. The lowest BCUT2D eigenvalue weighted by atomic mass is 10.2. The van der Waals surface area contributed by atoms with Crippen molar-refractivity contribution in [3.05, 3.63) is 12.1 Å². The fourth-order valence-electron chi connectivity index (χ4n) is 2.42. The van der Waals surface area contributed by atoms with Crippen molar-refractivity contribution in [3.8, 4) is 17.2 Å². The van der Waals surface area contributed by atoms with Crippen LogP contribution in [0, 0.1) is 0 Å². The third kappa shape index (κ3) is 4.29. The lowest BCUT2D eigenvalue weighted by Gasteiger charge is -2.26. The van der Waals surface area contributed by atoms with Gasteiger partial charge in [0, 0.05) is 30.9 Å². The number of rotatable bonds is 6. The highest BCUT2D eigenvalue weighted by Gasteiger charge is 2.20. The zero-order chi connectivity index (χ0) is 17.5. The lowest BCUT2D eigenvalue weighted by molar-refractivity contribution is -0.138. The molecule has 0 unspecified atom stereocenters. The van der Waals surface area contributed by atoms with Crippen LogP contribution in [0.1, 0.15) is 6.42 Å². The molecule has 2 rings (SSSR count). The molecular weight excluding hydrogens is 316 g/mol. The molecule has 1 heterocycles. The molecule has 2 amide bonds. The van der Waals surface area contributed by atoms with E-state index in [0.29, 0.717) is 49.2 Å². The van der Waals surface area contributed by atoms with Crippen molar-refractivity contribution < 1.29 is 28.5 Å². The summed E-state index contributed by atoms with van der Waals surface area (Å²) in [6.45, 7) is 2.02. The standard InChI is InChI=1S/C16H22N2O6/c1-21-12-8-11(9-13(22-2)16(12)23-3)17-14(19)10-15(20)18-4-6-24-7-5-18/h8-9H,4-7,10H2,1-3H3,(H,17,19). The number of anilines is 1. The van der Waals surface area contributed by atoms with Crippen LogP contribution < -0.4 is 19.5 Å². The van der Waals surface area contributed by atoms with Crippen LogP contribution in [-0.2, 0) is 14.3 Å². The number of ether oxygens (including phenoxy) is 4. The maximum atomic E-state index is 12.1. The van der Waals surface area contributed by atoms with Gasteiger partial charge in [-0.25, -0.2) is 0 Å². The first kappa shape index (κ1) is 17.9. The topological polar surface area (TPSA) is 86.3 Å².